The molecule has 1 saturated carbocycles. The summed E-state index contributed by atoms with van der Waals surface area (Å²) in [5.41, 5.74) is 7.23. The molecule has 1 aromatic heterocycles. The number of nitrogens with zero attached hydrogens (tertiary/aromatic N) is 2. The zero-order valence-electron chi connectivity index (χ0n) is 11.5. The molecule has 0 radical (unpaired) electrons. The topological polar surface area (TPSA) is 43.8 Å². The van der Waals surface area contributed by atoms with Crippen molar-refractivity contribution in [2.75, 3.05) is 5.73 Å². The van der Waals surface area contributed by atoms with Gasteiger partial charge < -0.3 is 10.3 Å². The number of halogens is 2. The maximum atomic E-state index is 13.4. The van der Waals surface area contributed by atoms with Crippen LogP contribution in [0.25, 0.3) is 11.3 Å². The highest BCUT2D eigenvalue weighted by Crippen LogP contribution is 2.43. The summed E-state index contributed by atoms with van der Waals surface area (Å²) in [4.78, 5) is 4.58. The molecule has 1 aliphatic carbocycles. The summed E-state index contributed by atoms with van der Waals surface area (Å²) >= 11 is 0. The molecule has 0 amide bonds. The smallest absolute Gasteiger partial charge is 0.159 e. The van der Waals surface area contributed by atoms with Gasteiger partial charge in [-0.05, 0) is 44.9 Å². The Hall–Kier alpha value is -1.91. The monoisotopic (exact) mass is 277 g/mol. The highest BCUT2D eigenvalue weighted by atomic mass is 19.2. The average Bonchev–Trinajstić information content (AvgIpc) is 3.16. The summed E-state index contributed by atoms with van der Waals surface area (Å²) < 4.78 is 28.4. The maximum absolute atomic E-state index is 13.4. The first-order valence-electron chi connectivity index (χ1n) is 6.82. The van der Waals surface area contributed by atoms with E-state index in [0.29, 0.717) is 23.0 Å². The average molecular weight is 277 g/mol. The normalized spacial score (nSPS) is 15.1. The van der Waals surface area contributed by atoms with E-state index in [2.05, 4.69) is 4.98 Å². The Morgan fingerprint density at radius 1 is 1.25 bits per heavy atom. The van der Waals surface area contributed by atoms with Crippen molar-refractivity contribution in [2.24, 2.45) is 0 Å². The van der Waals surface area contributed by atoms with Crippen molar-refractivity contribution >= 4 is 5.82 Å². The number of hydrogen-bond donors (Lipinski definition) is 1. The molecule has 0 bridgehead atoms. The van der Waals surface area contributed by atoms with Crippen LogP contribution in [0.1, 0.15) is 44.5 Å². The van der Waals surface area contributed by atoms with Crippen LogP contribution in [0.3, 0.4) is 0 Å². The standard InChI is InChI=1S/C15H17F2N3/c1-8(2)20-14(18)13(19-15(20)9-3-4-9)10-5-6-11(16)12(17)7-10/h5-9H,3-4,18H2,1-2H3. The molecule has 1 aromatic carbocycles. The molecule has 0 spiro atoms. The second-order valence-corrected chi connectivity index (χ2v) is 5.57. The summed E-state index contributed by atoms with van der Waals surface area (Å²) in [7, 11) is 0. The minimum Gasteiger partial charge on any atom is -0.383 e. The molecule has 106 valence electrons. The maximum Gasteiger partial charge on any atom is 0.159 e. The number of anilines is 1. The highest BCUT2D eigenvalue weighted by Gasteiger charge is 2.31. The summed E-state index contributed by atoms with van der Waals surface area (Å²) in [5.74, 6) is 0.177. The molecule has 2 aromatic rings. The number of nitrogen functional groups attached to an aromatic ring is 1. The van der Waals surface area contributed by atoms with E-state index in [0.717, 1.165) is 30.8 Å². The molecule has 0 unspecified atom stereocenters. The molecular weight excluding hydrogens is 260 g/mol. The van der Waals surface area contributed by atoms with Gasteiger partial charge in [0.1, 0.15) is 17.3 Å². The predicted octanol–water partition coefficient (Wildman–Crippen LogP) is 3.87. The molecular formula is C15H17F2N3. The number of imidazole rings is 1. The summed E-state index contributed by atoms with van der Waals surface area (Å²) in [5, 5.41) is 0. The minimum atomic E-state index is -0.881. The lowest BCUT2D eigenvalue weighted by Crippen LogP contribution is -2.08. The largest absolute Gasteiger partial charge is 0.383 e. The molecule has 3 rings (SSSR count). The van der Waals surface area contributed by atoms with Crippen molar-refractivity contribution < 1.29 is 8.78 Å². The molecule has 0 saturated heterocycles. The fourth-order valence-electron chi connectivity index (χ4n) is 2.49. The highest BCUT2D eigenvalue weighted by molar-refractivity contribution is 5.71. The van der Waals surface area contributed by atoms with Gasteiger partial charge in [-0.15, -0.1) is 0 Å². The lowest BCUT2D eigenvalue weighted by molar-refractivity contribution is 0.509. The molecule has 0 atom stereocenters. The Balaban J connectivity index is 2.13. The third-order valence-corrected chi connectivity index (χ3v) is 3.63. The first kappa shape index (κ1) is 13.1. The molecule has 0 aliphatic heterocycles. The summed E-state index contributed by atoms with van der Waals surface area (Å²) in [6.45, 7) is 4.08. The van der Waals surface area contributed by atoms with E-state index in [1.807, 2.05) is 18.4 Å². The van der Waals surface area contributed by atoms with Gasteiger partial charge in [-0.25, -0.2) is 13.8 Å². The number of rotatable bonds is 3. The van der Waals surface area contributed by atoms with Crippen LogP contribution in [-0.4, -0.2) is 9.55 Å². The number of aromatic nitrogens is 2. The predicted molar refractivity (Wildman–Crippen MR) is 74.4 cm³/mol. The van der Waals surface area contributed by atoms with Gasteiger partial charge >= 0.3 is 0 Å². The first-order valence-corrected chi connectivity index (χ1v) is 6.82. The Morgan fingerprint density at radius 2 is 1.95 bits per heavy atom. The van der Waals surface area contributed by atoms with E-state index in [-0.39, 0.29) is 6.04 Å². The van der Waals surface area contributed by atoms with Crippen LogP contribution in [0.15, 0.2) is 18.2 Å². The lowest BCUT2D eigenvalue weighted by Gasteiger charge is -2.13. The van der Waals surface area contributed by atoms with Gasteiger partial charge in [-0.3, -0.25) is 0 Å². The zero-order valence-corrected chi connectivity index (χ0v) is 11.5. The van der Waals surface area contributed by atoms with Gasteiger partial charge in [-0.2, -0.15) is 0 Å². The quantitative estimate of drug-likeness (QED) is 0.925. The number of nitrogens with two attached hydrogens (primary N) is 1. The number of benzene rings is 1. The Bertz CT molecular complexity index is 657. The summed E-state index contributed by atoms with van der Waals surface area (Å²) in [6, 6.07) is 3.96. The molecule has 5 heteroatoms. The molecule has 1 heterocycles. The van der Waals surface area contributed by atoms with Crippen molar-refractivity contribution in [3.05, 3.63) is 35.7 Å². The molecule has 1 fully saturated rings. The van der Waals surface area contributed by atoms with Gasteiger partial charge in [0.2, 0.25) is 0 Å². The van der Waals surface area contributed by atoms with Crippen LogP contribution in [-0.2, 0) is 0 Å². The first-order chi connectivity index (χ1) is 9.49. The SMILES string of the molecule is CC(C)n1c(C2CC2)nc(-c2ccc(F)c(F)c2)c1N. The van der Waals surface area contributed by atoms with Gasteiger partial charge in [0, 0.05) is 17.5 Å². The van der Waals surface area contributed by atoms with Crippen LogP contribution in [0, 0.1) is 11.6 Å². The van der Waals surface area contributed by atoms with E-state index < -0.39 is 11.6 Å². The van der Waals surface area contributed by atoms with Crippen molar-refractivity contribution in [3.8, 4) is 11.3 Å². The van der Waals surface area contributed by atoms with E-state index in [9.17, 15) is 8.78 Å². The summed E-state index contributed by atoms with van der Waals surface area (Å²) in [6.07, 6.45) is 2.22. The third-order valence-electron chi connectivity index (χ3n) is 3.63. The van der Waals surface area contributed by atoms with E-state index >= 15 is 0 Å². The van der Waals surface area contributed by atoms with Gasteiger partial charge in [0.15, 0.2) is 11.6 Å². The zero-order chi connectivity index (χ0) is 14.4. The molecule has 2 N–H and O–H groups in total. The Labute approximate surface area is 116 Å². The fraction of sp³-hybridized carbons (Fsp3) is 0.400. The Morgan fingerprint density at radius 3 is 2.50 bits per heavy atom. The van der Waals surface area contributed by atoms with Crippen LogP contribution in [0.2, 0.25) is 0 Å². The van der Waals surface area contributed by atoms with Crippen molar-refractivity contribution in [1.29, 1.82) is 0 Å². The van der Waals surface area contributed by atoms with E-state index in [4.69, 9.17) is 5.73 Å². The van der Waals surface area contributed by atoms with Crippen molar-refractivity contribution in [3.63, 3.8) is 0 Å². The van der Waals surface area contributed by atoms with Gasteiger partial charge in [0.25, 0.3) is 0 Å². The van der Waals surface area contributed by atoms with Gasteiger partial charge in [0.05, 0.1) is 0 Å². The molecule has 3 nitrogen and oxygen atoms in total. The molecule has 20 heavy (non-hydrogen) atoms. The van der Waals surface area contributed by atoms with Crippen molar-refractivity contribution in [2.45, 2.75) is 38.6 Å². The number of hydrogen-bond acceptors (Lipinski definition) is 2. The molecule has 1 aliphatic rings. The van der Waals surface area contributed by atoms with Crippen LogP contribution in [0.5, 0.6) is 0 Å². The van der Waals surface area contributed by atoms with Crippen molar-refractivity contribution in [1.82, 2.24) is 9.55 Å². The lowest BCUT2D eigenvalue weighted by atomic mass is 10.1. The van der Waals surface area contributed by atoms with Crippen LogP contribution < -0.4 is 5.73 Å². The Kier molecular flexibility index (Phi) is 3.00. The van der Waals surface area contributed by atoms with Crippen LogP contribution in [0.4, 0.5) is 14.6 Å². The van der Waals surface area contributed by atoms with Gasteiger partial charge in [-0.1, -0.05) is 0 Å². The van der Waals surface area contributed by atoms with Crippen LogP contribution >= 0.6 is 0 Å². The minimum absolute atomic E-state index is 0.192. The van der Waals surface area contributed by atoms with E-state index in [1.54, 1.807) is 0 Å². The third kappa shape index (κ3) is 2.07. The second kappa shape index (κ2) is 4.58. The fourth-order valence-corrected chi connectivity index (χ4v) is 2.49. The second-order valence-electron chi connectivity index (χ2n) is 5.57. The van der Waals surface area contributed by atoms with E-state index in [1.165, 1.54) is 6.07 Å².